The summed E-state index contributed by atoms with van der Waals surface area (Å²) in [6, 6.07) is 7.55. The van der Waals surface area contributed by atoms with E-state index in [-0.39, 0.29) is 13.5 Å². The van der Waals surface area contributed by atoms with Crippen molar-refractivity contribution < 1.29 is 9.90 Å². The number of nitrogens with one attached hydrogen (secondary N) is 1. The van der Waals surface area contributed by atoms with Crippen LogP contribution in [0.5, 0.6) is 0 Å². The lowest BCUT2D eigenvalue weighted by Crippen LogP contribution is -2.35. The second kappa shape index (κ2) is 6.05. The number of aliphatic carboxylic acids is 1. The van der Waals surface area contributed by atoms with Crippen LogP contribution in [0.15, 0.2) is 29.6 Å². The Morgan fingerprint density at radius 2 is 2.18 bits per heavy atom. The first-order valence-electron chi connectivity index (χ1n) is 5.07. The first kappa shape index (κ1) is 14.0. The zero-order valence-corrected chi connectivity index (χ0v) is 11.3. The smallest absolute Gasteiger partial charge is 0.321 e. The van der Waals surface area contributed by atoms with Gasteiger partial charge in [0.15, 0.2) is 0 Å². The molecule has 2 N–H and O–H groups in total. The third-order valence-corrected chi connectivity index (χ3v) is 3.64. The van der Waals surface area contributed by atoms with Gasteiger partial charge in [0.2, 0.25) is 0 Å². The van der Waals surface area contributed by atoms with Gasteiger partial charge in [0, 0.05) is 4.70 Å². The number of carboxylic acid groups (broad SMARTS) is 1. The molecule has 0 radical (unpaired) electrons. The Kier molecular flexibility index (Phi) is 4.99. The number of benzene rings is 1. The summed E-state index contributed by atoms with van der Waals surface area (Å²) in [5.74, 6) is -0.808. The van der Waals surface area contributed by atoms with E-state index in [1.165, 1.54) is 4.70 Å². The van der Waals surface area contributed by atoms with E-state index in [1.54, 1.807) is 18.4 Å². The molecule has 1 atom stereocenters. The van der Waals surface area contributed by atoms with Crippen LogP contribution in [0, 0.1) is 0 Å². The molecular weight excluding hydrogens is 254 g/mol. The Morgan fingerprint density at radius 1 is 1.47 bits per heavy atom. The van der Waals surface area contributed by atoms with E-state index in [0.29, 0.717) is 6.42 Å². The molecule has 3 nitrogen and oxygen atoms in total. The van der Waals surface area contributed by atoms with Crippen molar-refractivity contribution in [3.63, 3.8) is 0 Å². The summed E-state index contributed by atoms with van der Waals surface area (Å²) in [7, 11) is 1.67. The molecule has 0 bridgehead atoms. The maximum absolute atomic E-state index is 10.9. The van der Waals surface area contributed by atoms with Crippen molar-refractivity contribution in [2.45, 2.75) is 12.5 Å². The number of hydrogen-bond acceptors (Lipinski definition) is 3. The van der Waals surface area contributed by atoms with E-state index in [4.69, 9.17) is 5.11 Å². The highest BCUT2D eigenvalue weighted by atomic mass is 32.1. The molecule has 0 spiro atoms. The lowest BCUT2D eigenvalue weighted by molar-refractivity contribution is -0.139. The molecule has 1 heterocycles. The summed E-state index contributed by atoms with van der Waals surface area (Å²) in [5.41, 5.74) is 1.10. The van der Waals surface area contributed by atoms with Crippen LogP contribution >= 0.6 is 24.8 Å². The lowest BCUT2D eigenvalue weighted by atomic mass is 10.1. The molecule has 0 saturated carbocycles. The van der Waals surface area contributed by atoms with Gasteiger partial charge in [0.25, 0.3) is 0 Å². The Hall–Kier alpha value is -1.04. The minimum absolute atomic E-state index is 0. The van der Waals surface area contributed by atoms with Gasteiger partial charge in [-0.25, -0.2) is 0 Å². The van der Waals surface area contributed by atoms with Gasteiger partial charge in [-0.05, 0) is 35.9 Å². The van der Waals surface area contributed by atoms with Crippen molar-refractivity contribution in [2.24, 2.45) is 0 Å². The van der Waals surface area contributed by atoms with E-state index < -0.39 is 12.0 Å². The first-order valence-corrected chi connectivity index (χ1v) is 5.95. The Balaban J connectivity index is 0.00000144. The highest BCUT2D eigenvalue weighted by Gasteiger charge is 2.17. The Bertz CT molecular complexity index is 510. The van der Waals surface area contributed by atoms with Gasteiger partial charge < -0.3 is 10.4 Å². The fraction of sp³-hybridized carbons (Fsp3) is 0.250. The van der Waals surface area contributed by atoms with Gasteiger partial charge in [-0.2, -0.15) is 13.5 Å². The van der Waals surface area contributed by atoms with E-state index >= 15 is 0 Å². The number of likely N-dealkylation sites (N-methyl/N-ethyl adjacent to an activating group) is 1. The predicted molar refractivity (Wildman–Crippen MR) is 76.4 cm³/mol. The van der Waals surface area contributed by atoms with Crippen LogP contribution in [-0.4, -0.2) is 24.2 Å². The molecule has 0 saturated heterocycles. The van der Waals surface area contributed by atoms with Crippen molar-refractivity contribution in [3.05, 3.63) is 35.2 Å². The van der Waals surface area contributed by atoms with Crippen LogP contribution in [-0.2, 0) is 11.2 Å². The summed E-state index contributed by atoms with van der Waals surface area (Å²) in [5, 5.41) is 15.0. The van der Waals surface area contributed by atoms with Crippen LogP contribution in [0.4, 0.5) is 0 Å². The minimum atomic E-state index is -0.808. The molecule has 17 heavy (non-hydrogen) atoms. The summed E-state index contributed by atoms with van der Waals surface area (Å²) < 4.78 is 1.21. The highest BCUT2D eigenvalue weighted by Crippen LogP contribution is 2.26. The third-order valence-electron chi connectivity index (χ3n) is 2.63. The van der Waals surface area contributed by atoms with Crippen molar-refractivity contribution >= 4 is 40.9 Å². The summed E-state index contributed by atoms with van der Waals surface area (Å²) >= 11 is 1.66. The summed E-state index contributed by atoms with van der Waals surface area (Å²) in [4.78, 5) is 10.9. The SMILES string of the molecule is CN[C@@H](Cc1csc2ccccc12)C(=O)O.S. The summed E-state index contributed by atoms with van der Waals surface area (Å²) in [6.07, 6.45) is 0.524. The number of carboxylic acids is 1. The van der Waals surface area contributed by atoms with Crippen molar-refractivity contribution in [1.29, 1.82) is 0 Å². The fourth-order valence-electron chi connectivity index (χ4n) is 1.72. The molecule has 0 amide bonds. The molecule has 92 valence electrons. The topological polar surface area (TPSA) is 49.3 Å². The molecule has 0 aliphatic carbocycles. The molecule has 1 aromatic carbocycles. The van der Waals surface area contributed by atoms with Gasteiger partial charge in [-0.15, -0.1) is 11.3 Å². The zero-order valence-electron chi connectivity index (χ0n) is 9.43. The quantitative estimate of drug-likeness (QED) is 0.895. The van der Waals surface area contributed by atoms with Crippen LogP contribution in [0.1, 0.15) is 5.56 Å². The normalized spacial score (nSPS) is 12.1. The van der Waals surface area contributed by atoms with Crippen molar-refractivity contribution in [2.75, 3.05) is 7.05 Å². The van der Waals surface area contributed by atoms with Gasteiger partial charge in [0.1, 0.15) is 6.04 Å². The molecular formula is C12H15NO2S2. The fourth-order valence-corrected chi connectivity index (χ4v) is 2.70. The van der Waals surface area contributed by atoms with Crippen LogP contribution in [0.2, 0.25) is 0 Å². The predicted octanol–water partition coefficient (Wildman–Crippen LogP) is 2.23. The lowest BCUT2D eigenvalue weighted by Gasteiger charge is -2.09. The number of carbonyl (C=O) groups is 1. The number of fused-ring (bicyclic) bond motifs is 1. The Morgan fingerprint density at radius 3 is 2.82 bits per heavy atom. The van der Waals surface area contributed by atoms with Gasteiger partial charge >= 0.3 is 5.97 Å². The molecule has 2 rings (SSSR count). The number of hydrogen-bond donors (Lipinski definition) is 2. The Labute approximate surface area is 111 Å². The van der Waals surface area contributed by atoms with E-state index in [9.17, 15) is 4.79 Å². The van der Waals surface area contributed by atoms with Crippen LogP contribution in [0.25, 0.3) is 10.1 Å². The number of thiophene rings is 1. The molecule has 2 aromatic rings. The molecule has 5 heteroatoms. The van der Waals surface area contributed by atoms with Crippen LogP contribution in [0.3, 0.4) is 0 Å². The highest BCUT2D eigenvalue weighted by molar-refractivity contribution is 7.59. The third kappa shape index (κ3) is 3.00. The second-order valence-corrected chi connectivity index (χ2v) is 4.55. The van der Waals surface area contributed by atoms with E-state index in [1.807, 2.05) is 23.6 Å². The standard InChI is InChI=1S/C12H13NO2S.H2S/c1-13-10(12(14)15)6-8-7-16-11-5-3-2-4-9(8)11;/h2-5,7,10,13H,6H2,1H3,(H,14,15);1H2/t10-;/m0./s1. The minimum Gasteiger partial charge on any atom is -0.480 e. The molecule has 0 unspecified atom stereocenters. The van der Waals surface area contributed by atoms with Crippen molar-refractivity contribution in [3.8, 4) is 0 Å². The van der Waals surface area contributed by atoms with Gasteiger partial charge in [-0.1, -0.05) is 18.2 Å². The average Bonchev–Trinajstić information content (AvgIpc) is 2.69. The zero-order chi connectivity index (χ0) is 11.5. The monoisotopic (exact) mass is 269 g/mol. The molecule has 0 fully saturated rings. The molecule has 1 aromatic heterocycles. The molecule has 0 aliphatic rings. The summed E-state index contributed by atoms with van der Waals surface area (Å²) in [6.45, 7) is 0. The van der Waals surface area contributed by atoms with Crippen LogP contribution < -0.4 is 5.32 Å². The maximum Gasteiger partial charge on any atom is 0.321 e. The van der Waals surface area contributed by atoms with Crippen molar-refractivity contribution in [1.82, 2.24) is 5.32 Å². The van der Waals surface area contributed by atoms with Gasteiger partial charge in [-0.3, -0.25) is 4.79 Å². The molecule has 0 aliphatic heterocycles. The maximum atomic E-state index is 10.9. The first-order chi connectivity index (χ1) is 7.72. The van der Waals surface area contributed by atoms with E-state index in [2.05, 4.69) is 11.4 Å². The largest absolute Gasteiger partial charge is 0.480 e. The second-order valence-electron chi connectivity index (χ2n) is 3.64. The average molecular weight is 269 g/mol. The van der Waals surface area contributed by atoms with Gasteiger partial charge in [0.05, 0.1) is 0 Å². The van der Waals surface area contributed by atoms with E-state index in [0.717, 1.165) is 10.9 Å². The number of rotatable bonds is 4.